The van der Waals surface area contributed by atoms with E-state index in [1.54, 1.807) is 18.2 Å². The molecule has 2 aliphatic rings. The highest BCUT2D eigenvalue weighted by atomic mass is 16.7. The number of benzene rings is 2. The fraction of sp³-hybridized carbons (Fsp3) is 0.364. The van der Waals surface area contributed by atoms with Crippen LogP contribution >= 0.6 is 0 Å². The summed E-state index contributed by atoms with van der Waals surface area (Å²) in [4.78, 5) is 23.9. The first-order valence-electron chi connectivity index (χ1n) is 9.64. The minimum Gasteiger partial charge on any atom is -0.490 e. The molecule has 164 valence electrons. The third-order valence-electron chi connectivity index (χ3n) is 5.47. The maximum absolute atomic E-state index is 12.1. The van der Waals surface area contributed by atoms with Crippen LogP contribution in [0.2, 0.25) is 0 Å². The van der Waals surface area contributed by atoms with E-state index in [9.17, 15) is 19.8 Å². The second kappa shape index (κ2) is 8.09. The lowest BCUT2D eigenvalue weighted by atomic mass is 9.99. The molecule has 1 aliphatic carbocycles. The normalized spacial score (nSPS) is 15.8. The SMILES string of the molecule is COC(=O)C1(COc2c(-c3ccc4c(c3)COC4=O)ccc(OC(O)O)c2OC)CC1. The zero-order valence-corrected chi connectivity index (χ0v) is 17.0. The third kappa shape index (κ3) is 3.89. The van der Waals surface area contributed by atoms with Gasteiger partial charge >= 0.3 is 18.4 Å². The van der Waals surface area contributed by atoms with Crippen LogP contribution in [0.1, 0.15) is 28.8 Å². The van der Waals surface area contributed by atoms with Crippen LogP contribution in [0.3, 0.4) is 0 Å². The topological polar surface area (TPSA) is 121 Å². The van der Waals surface area contributed by atoms with Gasteiger partial charge in [-0.05, 0) is 42.7 Å². The van der Waals surface area contributed by atoms with Crippen molar-refractivity contribution in [3.63, 3.8) is 0 Å². The van der Waals surface area contributed by atoms with Gasteiger partial charge in [0.25, 0.3) is 0 Å². The van der Waals surface area contributed by atoms with Crippen molar-refractivity contribution in [2.24, 2.45) is 5.41 Å². The number of cyclic esters (lactones) is 1. The Hall–Kier alpha value is -3.30. The van der Waals surface area contributed by atoms with Gasteiger partial charge < -0.3 is 33.9 Å². The first kappa shape index (κ1) is 21.0. The van der Waals surface area contributed by atoms with Gasteiger partial charge in [-0.25, -0.2) is 4.79 Å². The van der Waals surface area contributed by atoms with E-state index in [1.165, 1.54) is 20.3 Å². The number of fused-ring (bicyclic) bond motifs is 1. The number of hydrogen-bond donors (Lipinski definition) is 2. The number of carbonyl (C=O) groups excluding carboxylic acids is 2. The van der Waals surface area contributed by atoms with E-state index in [4.69, 9.17) is 23.7 Å². The summed E-state index contributed by atoms with van der Waals surface area (Å²) in [5.74, 6) is -0.261. The van der Waals surface area contributed by atoms with Crippen molar-refractivity contribution in [2.45, 2.75) is 25.9 Å². The van der Waals surface area contributed by atoms with Crippen molar-refractivity contribution in [1.29, 1.82) is 0 Å². The van der Waals surface area contributed by atoms with Gasteiger partial charge in [0.05, 0.1) is 19.8 Å². The lowest BCUT2D eigenvalue weighted by molar-refractivity contribution is -0.180. The van der Waals surface area contributed by atoms with Crippen LogP contribution in [0, 0.1) is 5.41 Å². The number of aliphatic hydroxyl groups excluding tert-OH is 1. The van der Waals surface area contributed by atoms with Gasteiger partial charge in [0.1, 0.15) is 18.6 Å². The molecule has 1 aliphatic heterocycles. The van der Waals surface area contributed by atoms with Gasteiger partial charge in [0.2, 0.25) is 5.75 Å². The highest BCUT2D eigenvalue weighted by molar-refractivity contribution is 5.94. The molecule has 2 aromatic carbocycles. The van der Waals surface area contributed by atoms with Gasteiger partial charge in [-0.3, -0.25) is 4.79 Å². The van der Waals surface area contributed by atoms with Crippen molar-refractivity contribution < 1.29 is 43.5 Å². The summed E-state index contributed by atoms with van der Waals surface area (Å²) < 4.78 is 26.5. The molecule has 1 saturated carbocycles. The molecular formula is C22H22O9. The smallest absolute Gasteiger partial charge is 0.338 e. The molecule has 0 aromatic heterocycles. The molecule has 2 aromatic rings. The monoisotopic (exact) mass is 430 g/mol. The first-order valence-corrected chi connectivity index (χ1v) is 9.64. The fourth-order valence-electron chi connectivity index (χ4n) is 3.60. The Morgan fingerprint density at radius 2 is 1.87 bits per heavy atom. The number of esters is 2. The average molecular weight is 430 g/mol. The minimum absolute atomic E-state index is 0.0545. The van der Waals surface area contributed by atoms with Crippen LogP contribution in [0.25, 0.3) is 11.1 Å². The molecule has 0 unspecified atom stereocenters. The number of carbonyl (C=O) groups is 2. The summed E-state index contributed by atoms with van der Waals surface area (Å²) in [7, 11) is 2.73. The van der Waals surface area contributed by atoms with E-state index in [-0.39, 0.29) is 42.4 Å². The van der Waals surface area contributed by atoms with Crippen LogP contribution in [0.5, 0.6) is 17.2 Å². The maximum atomic E-state index is 12.1. The second-order valence-electron chi connectivity index (χ2n) is 7.43. The lowest BCUT2D eigenvalue weighted by Crippen LogP contribution is -2.25. The van der Waals surface area contributed by atoms with Gasteiger partial charge in [-0.2, -0.15) is 0 Å². The van der Waals surface area contributed by atoms with Crippen LogP contribution in [-0.2, 0) is 20.9 Å². The summed E-state index contributed by atoms with van der Waals surface area (Å²) in [5.41, 5.74) is 1.86. The largest absolute Gasteiger partial charge is 0.490 e. The van der Waals surface area contributed by atoms with E-state index in [0.29, 0.717) is 24.0 Å². The van der Waals surface area contributed by atoms with E-state index in [2.05, 4.69) is 0 Å². The van der Waals surface area contributed by atoms with Gasteiger partial charge in [-0.1, -0.05) is 6.07 Å². The fourth-order valence-corrected chi connectivity index (χ4v) is 3.60. The summed E-state index contributed by atoms with van der Waals surface area (Å²) in [6.45, 7) is -1.82. The number of hydrogen-bond acceptors (Lipinski definition) is 9. The molecule has 0 bridgehead atoms. The van der Waals surface area contributed by atoms with Gasteiger partial charge in [-0.15, -0.1) is 0 Å². The number of methoxy groups -OCH3 is 2. The zero-order chi connectivity index (χ0) is 22.2. The number of rotatable bonds is 8. The van der Waals surface area contributed by atoms with Crippen LogP contribution in [0.15, 0.2) is 30.3 Å². The molecule has 0 saturated heterocycles. The number of ether oxygens (including phenoxy) is 5. The molecule has 1 fully saturated rings. The molecule has 0 atom stereocenters. The van der Waals surface area contributed by atoms with Crippen LogP contribution in [0.4, 0.5) is 0 Å². The molecule has 4 rings (SSSR count). The second-order valence-corrected chi connectivity index (χ2v) is 7.43. The summed E-state index contributed by atoms with van der Waals surface area (Å²) >= 11 is 0. The molecule has 2 N–H and O–H groups in total. The third-order valence-corrected chi connectivity index (χ3v) is 5.47. The Balaban J connectivity index is 1.75. The minimum atomic E-state index is -2.06. The standard InChI is InChI=1S/C22H22O9/c1-27-18-16(31-21(25)26)6-5-14(12-3-4-15-13(9-12)10-29-19(15)23)17(18)30-11-22(7-8-22)20(24)28-2/h3-6,9,21,25-26H,7-8,10-11H2,1-2H3. The highest BCUT2D eigenvalue weighted by Crippen LogP contribution is 2.50. The Bertz CT molecular complexity index is 1020. The lowest BCUT2D eigenvalue weighted by Gasteiger charge is -2.21. The van der Waals surface area contributed by atoms with E-state index < -0.39 is 11.9 Å². The van der Waals surface area contributed by atoms with Crippen LogP contribution in [-0.4, -0.2) is 49.5 Å². The zero-order valence-electron chi connectivity index (χ0n) is 17.0. The molecule has 1 heterocycles. The number of aliphatic hydroxyl groups is 2. The Labute approximate surface area is 178 Å². The van der Waals surface area contributed by atoms with Crippen molar-refractivity contribution in [3.05, 3.63) is 41.5 Å². The molecule has 0 amide bonds. The predicted octanol–water partition coefficient (Wildman–Crippen LogP) is 2.01. The Morgan fingerprint density at radius 3 is 2.52 bits per heavy atom. The van der Waals surface area contributed by atoms with Crippen molar-refractivity contribution in [2.75, 3.05) is 20.8 Å². The first-order chi connectivity index (χ1) is 14.9. The molecule has 31 heavy (non-hydrogen) atoms. The molecule has 9 heteroatoms. The van der Waals surface area contributed by atoms with Gasteiger partial charge in [0, 0.05) is 11.1 Å². The van der Waals surface area contributed by atoms with E-state index >= 15 is 0 Å². The molecule has 9 nitrogen and oxygen atoms in total. The van der Waals surface area contributed by atoms with Gasteiger partial charge in [0.15, 0.2) is 11.5 Å². The van der Waals surface area contributed by atoms with Crippen molar-refractivity contribution >= 4 is 11.9 Å². The molecule has 0 spiro atoms. The quantitative estimate of drug-likeness (QED) is 0.478. The van der Waals surface area contributed by atoms with E-state index in [1.807, 2.05) is 6.07 Å². The Kier molecular flexibility index (Phi) is 5.47. The van der Waals surface area contributed by atoms with E-state index in [0.717, 1.165) is 11.1 Å². The predicted molar refractivity (Wildman–Crippen MR) is 106 cm³/mol. The maximum Gasteiger partial charge on any atom is 0.338 e. The van der Waals surface area contributed by atoms with Crippen molar-refractivity contribution in [3.8, 4) is 28.4 Å². The Morgan fingerprint density at radius 1 is 1.13 bits per heavy atom. The summed E-state index contributed by atoms with van der Waals surface area (Å²) in [6.07, 6.45) is 1.28. The van der Waals surface area contributed by atoms with Crippen LogP contribution < -0.4 is 14.2 Å². The molecule has 0 radical (unpaired) electrons. The summed E-state index contributed by atoms with van der Waals surface area (Å²) in [5, 5.41) is 18.5. The summed E-state index contributed by atoms with van der Waals surface area (Å²) in [6, 6.07) is 8.43. The van der Waals surface area contributed by atoms with Crippen molar-refractivity contribution in [1.82, 2.24) is 0 Å². The average Bonchev–Trinajstić information content (AvgIpc) is 3.47. The highest BCUT2D eigenvalue weighted by Gasteiger charge is 2.52. The molecular weight excluding hydrogens is 408 g/mol.